The van der Waals surface area contributed by atoms with Gasteiger partial charge in [-0.3, -0.25) is 4.98 Å². The van der Waals surface area contributed by atoms with Gasteiger partial charge in [0, 0.05) is 29.4 Å². The molecule has 0 aliphatic heterocycles. The number of hydrogen-bond donors (Lipinski definition) is 1. The van der Waals surface area contributed by atoms with Gasteiger partial charge in [0.25, 0.3) is 0 Å². The highest BCUT2D eigenvalue weighted by molar-refractivity contribution is 5.94. The second-order valence-corrected chi connectivity index (χ2v) is 5.69. The first-order valence-corrected chi connectivity index (χ1v) is 7.29. The average molecular weight is 274 g/mol. The van der Waals surface area contributed by atoms with Crippen LogP contribution in [0.2, 0.25) is 0 Å². The van der Waals surface area contributed by atoms with Crippen LogP contribution in [0.5, 0.6) is 0 Å². The van der Waals surface area contributed by atoms with Crippen molar-refractivity contribution >= 4 is 16.6 Å². The largest absolute Gasteiger partial charge is 0.384 e. The SMILES string of the molecule is CCCNc1c(C(C)C)c(C)nc2cc(F)c(C)cc12. The Hall–Kier alpha value is -1.64. The molecule has 0 fully saturated rings. The van der Waals surface area contributed by atoms with Gasteiger partial charge >= 0.3 is 0 Å². The van der Waals surface area contributed by atoms with Gasteiger partial charge in [-0.05, 0) is 43.4 Å². The molecule has 1 N–H and O–H groups in total. The van der Waals surface area contributed by atoms with Crippen LogP contribution in [0.25, 0.3) is 10.9 Å². The summed E-state index contributed by atoms with van der Waals surface area (Å²) in [6.45, 7) is 11.2. The zero-order valence-electron chi connectivity index (χ0n) is 13.0. The first kappa shape index (κ1) is 14.8. The van der Waals surface area contributed by atoms with Gasteiger partial charge in [-0.1, -0.05) is 20.8 Å². The molecular formula is C17H23FN2. The summed E-state index contributed by atoms with van der Waals surface area (Å²) in [5.74, 6) is 0.194. The predicted octanol–water partition coefficient (Wildman–Crippen LogP) is 4.94. The maximum Gasteiger partial charge on any atom is 0.128 e. The van der Waals surface area contributed by atoms with Crippen molar-refractivity contribution in [2.45, 2.75) is 47.0 Å². The summed E-state index contributed by atoms with van der Waals surface area (Å²) in [6, 6.07) is 3.44. The maximum atomic E-state index is 13.8. The highest BCUT2D eigenvalue weighted by Gasteiger charge is 2.16. The van der Waals surface area contributed by atoms with E-state index in [0.717, 1.165) is 35.2 Å². The fourth-order valence-corrected chi connectivity index (χ4v) is 2.68. The van der Waals surface area contributed by atoms with Crippen LogP contribution in [-0.2, 0) is 0 Å². The summed E-state index contributed by atoms with van der Waals surface area (Å²) in [5.41, 5.74) is 4.73. The molecule has 0 atom stereocenters. The Morgan fingerprint density at radius 1 is 1.25 bits per heavy atom. The number of nitrogens with one attached hydrogen (secondary N) is 1. The van der Waals surface area contributed by atoms with E-state index in [4.69, 9.17) is 0 Å². The van der Waals surface area contributed by atoms with Gasteiger partial charge in [0.05, 0.1) is 5.52 Å². The van der Waals surface area contributed by atoms with Crippen molar-refractivity contribution in [1.29, 1.82) is 0 Å². The second kappa shape index (κ2) is 5.78. The Morgan fingerprint density at radius 3 is 2.55 bits per heavy atom. The lowest BCUT2D eigenvalue weighted by Gasteiger charge is -2.19. The monoisotopic (exact) mass is 274 g/mol. The minimum absolute atomic E-state index is 0.192. The lowest BCUT2D eigenvalue weighted by atomic mass is 9.96. The first-order chi connectivity index (χ1) is 9.45. The molecule has 0 unspecified atom stereocenters. The van der Waals surface area contributed by atoms with Crippen LogP contribution in [0, 0.1) is 19.7 Å². The van der Waals surface area contributed by atoms with Crippen molar-refractivity contribution in [2.24, 2.45) is 0 Å². The molecule has 0 spiro atoms. The summed E-state index contributed by atoms with van der Waals surface area (Å²) in [4.78, 5) is 4.59. The average Bonchev–Trinajstić information content (AvgIpc) is 2.37. The highest BCUT2D eigenvalue weighted by atomic mass is 19.1. The summed E-state index contributed by atoms with van der Waals surface area (Å²) < 4.78 is 13.8. The van der Waals surface area contributed by atoms with Gasteiger partial charge in [0.2, 0.25) is 0 Å². The standard InChI is InChI=1S/C17H23FN2/c1-6-7-19-17-13-8-11(4)14(18)9-15(13)20-12(5)16(17)10(2)3/h8-10H,6-7H2,1-5H3,(H,19,20). The van der Waals surface area contributed by atoms with Crippen molar-refractivity contribution in [3.05, 3.63) is 34.8 Å². The molecule has 1 aromatic carbocycles. The Morgan fingerprint density at radius 2 is 1.95 bits per heavy atom. The third-order valence-corrected chi connectivity index (χ3v) is 3.62. The number of pyridine rings is 1. The summed E-state index contributed by atoms with van der Waals surface area (Å²) in [6.07, 6.45) is 1.06. The molecule has 20 heavy (non-hydrogen) atoms. The number of aromatic nitrogens is 1. The van der Waals surface area contributed by atoms with E-state index in [1.165, 1.54) is 5.56 Å². The molecule has 1 heterocycles. The van der Waals surface area contributed by atoms with E-state index in [1.807, 2.05) is 13.0 Å². The lowest BCUT2D eigenvalue weighted by molar-refractivity contribution is 0.620. The molecule has 1 aromatic heterocycles. The van der Waals surface area contributed by atoms with E-state index in [9.17, 15) is 4.39 Å². The van der Waals surface area contributed by atoms with Crippen LogP contribution in [0.15, 0.2) is 12.1 Å². The first-order valence-electron chi connectivity index (χ1n) is 7.29. The number of fused-ring (bicyclic) bond motifs is 1. The fourth-order valence-electron chi connectivity index (χ4n) is 2.68. The zero-order valence-corrected chi connectivity index (χ0v) is 13.0. The van der Waals surface area contributed by atoms with E-state index < -0.39 is 0 Å². The zero-order chi connectivity index (χ0) is 14.9. The summed E-state index contributed by atoms with van der Waals surface area (Å²) >= 11 is 0. The van der Waals surface area contributed by atoms with Gasteiger partial charge in [0.15, 0.2) is 0 Å². The molecule has 0 amide bonds. The number of anilines is 1. The number of hydrogen-bond acceptors (Lipinski definition) is 2. The molecule has 0 saturated heterocycles. The Kier molecular flexibility index (Phi) is 4.26. The molecular weight excluding hydrogens is 251 g/mol. The molecule has 3 heteroatoms. The molecule has 0 bridgehead atoms. The van der Waals surface area contributed by atoms with Crippen LogP contribution in [-0.4, -0.2) is 11.5 Å². The molecule has 2 aromatic rings. The van der Waals surface area contributed by atoms with Crippen molar-refractivity contribution in [1.82, 2.24) is 4.98 Å². The summed E-state index contributed by atoms with van der Waals surface area (Å²) in [7, 11) is 0. The molecule has 0 aliphatic carbocycles. The van der Waals surface area contributed by atoms with E-state index >= 15 is 0 Å². The topological polar surface area (TPSA) is 24.9 Å². The smallest absolute Gasteiger partial charge is 0.128 e. The highest BCUT2D eigenvalue weighted by Crippen LogP contribution is 2.34. The van der Waals surface area contributed by atoms with E-state index in [-0.39, 0.29) is 5.82 Å². The number of aryl methyl sites for hydroxylation is 2. The van der Waals surface area contributed by atoms with E-state index in [0.29, 0.717) is 11.5 Å². The van der Waals surface area contributed by atoms with Gasteiger partial charge in [-0.25, -0.2) is 4.39 Å². The maximum absolute atomic E-state index is 13.8. The van der Waals surface area contributed by atoms with E-state index in [1.54, 1.807) is 13.0 Å². The van der Waals surface area contributed by atoms with Crippen molar-refractivity contribution in [3.63, 3.8) is 0 Å². The number of benzene rings is 1. The Labute approximate surface area is 120 Å². The van der Waals surface area contributed by atoms with Crippen molar-refractivity contribution < 1.29 is 4.39 Å². The summed E-state index contributed by atoms with van der Waals surface area (Å²) in [5, 5.41) is 4.53. The molecule has 0 radical (unpaired) electrons. The quantitative estimate of drug-likeness (QED) is 0.854. The van der Waals surface area contributed by atoms with Crippen molar-refractivity contribution in [3.8, 4) is 0 Å². The fraction of sp³-hybridized carbons (Fsp3) is 0.471. The third kappa shape index (κ3) is 2.62. The van der Waals surface area contributed by atoms with Crippen molar-refractivity contribution in [2.75, 3.05) is 11.9 Å². The number of halogens is 1. The second-order valence-electron chi connectivity index (χ2n) is 5.69. The van der Waals surface area contributed by atoms with Gasteiger partial charge in [-0.2, -0.15) is 0 Å². The van der Waals surface area contributed by atoms with Crippen LogP contribution >= 0.6 is 0 Å². The van der Waals surface area contributed by atoms with Crippen LogP contribution in [0.3, 0.4) is 0 Å². The normalized spacial score (nSPS) is 11.3. The molecule has 0 aliphatic rings. The Balaban J connectivity index is 2.77. The predicted molar refractivity (Wildman–Crippen MR) is 84.0 cm³/mol. The third-order valence-electron chi connectivity index (χ3n) is 3.62. The number of nitrogens with zero attached hydrogens (tertiary/aromatic N) is 1. The van der Waals surface area contributed by atoms with Crippen LogP contribution < -0.4 is 5.32 Å². The number of rotatable bonds is 4. The Bertz CT molecular complexity index is 633. The van der Waals surface area contributed by atoms with Crippen LogP contribution in [0.1, 0.15) is 49.9 Å². The lowest BCUT2D eigenvalue weighted by Crippen LogP contribution is -2.08. The van der Waals surface area contributed by atoms with E-state index in [2.05, 4.69) is 31.1 Å². The van der Waals surface area contributed by atoms with Gasteiger partial charge in [0.1, 0.15) is 5.82 Å². The molecule has 108 valence electrons. The van der Waals surface area contributed by atoms with Crippen LogP contribution in [0.4, 0.5) is 10.1 Å². The molecule has 2 rings (SSSR count). The minimum Gasteiger partial charge on any atom is -0.384 e. The minimum atomic E-state index is -0.192. The van der Waals surface area contributed by atoms with Gasteiger partial charge < -0.3 is 5.32 Å². The molecule has 0 saturated carbocycles. The van der Waals surface area contributed by atoms with Gasteiger partial charge in [-0.15, -0.1) is 0 Å². The molecule has 2 nitrogen and oxygen atoms in total.